The molecular formula is C31H39N3O5S. The van der Waals surface area contributed by atoms with Crippen molar-refractivity contribution < 1.29 is 22.4 Å². The van der Waals surface area contributed by atoms with Gasteiger partial charge < -0.3 is 14.5 Å². The molecule has 0 unspecified atom stereocenters. The summed E-state index contributed by atoms with van der Waals surface area (Å²) in [6.07, 6.45) is 6.05. The summed E-state index contributed by atoms with van der Waals surface area (Å²) in [5, 5.41) is 2.98. The monoisotopic (exact) mass is 565 g/mol. The number of furan rings is 1. The number of hydrogen-bond acceptors (Lipinski definition) is 6. The molecule has 2 fully saturated rings. The third-order valence-electron chi connectivity index (χ3n) is 7.73. The third kappa shape index (κ3) is 6.59. The summed E-state index contributed by atoms with van der Waals surface area (Å²) in [6.45, 7) is 7.56. The van der Waals surface area contributed by atoms with E-state index in [2.05, 4.69) is 22.3 Å². The minimum Gasteiger partial charge on any atom is -0.497 e. The number of hydrogen-bond donors (Lipinski definition) is 1. The molecule has 1 aliphatic heterocycles. The molecule has 5 rings (SSSR count). The molecule has 9 heteroatoms. The number of aryl methyl sites for hydroxylation is 2. The highest BCUT2D eigenvalue weighted by Crippen LogP contribution is 2.35. The number of carbonyl (C=O) groups is 1. The molecule has 2 aliphatic rings. The van der Waals surface area contributed by atoms with Crippen LogP contribution in [0.4, 0.5) is 0 Å². The third-order valence-corrected chi connectivity index (χ3v) is 9.99. The van der Waals surface area contributed by atoms with Crippen molar-refractivity contribution in [3.05, 3.63) is 82.3 Å². The summed E-state index contributed by atoms with van der Waals surface area (Å²) >= 11 is 0. The van der Waals surface area contributed by atoms with Gasteiger partial charge in [0.1, 0.15) is 17.8 Å². The van der Waals surface area contributed by atoms with Crippen LogP contribution in [0.1, 0.15) is 64.1 Å². The number of sulfonamides is 1. The fraction of sp³-hybridized carbons (Fsp3) is 0.452. The molecule has 1 N–H and O–H groups in total. The van der Waals surface area contributed by atoms with Gasteiger partial charge in [-0.05, 0) is 93.1 Å². The second-order valence-corrected chi connectivity index (χ2v) is 12.8. The van der Waals surface area contributed by atoms with E-state index in [4.69, 9.17) is 9.15 Å². The van der Waals surface area contributed by atoms with Crippen LogP contribution in [0.25, 0.3) is 0 Å². The van der Waals surface area contributed by atoms with Crippen molar-refractivity contribution in [2.75, 3.05) is 26.7 Å². The van der Waals surface area contributed by atoms with Gasteiger partial charge in [0.05, 0.1) is 17.6 Å². The lowest BCUT2D eigenvalue weighted by Gasteiger charge is -2.24. The molecule has 2 heterocycles. The first-order valence-corrected chi connectivity index (χ1v) is 15.5. The molecule has 0 radical (unpaired) electrons. The number of nitrogens with zero attached hydrogens (tertiary/aromatic N) is 2. The Hall–Kier alpha value is -3.14. The van der Waals surface area contributed by atoms with Gasteiger partial charge in [-0.1, -0.05) is 24.3 Å². The highest BCUT2D eigenvalue weighted by molar-refractivity contribution is 7.89. The number of carbonyl (C=O) groups excluding carboxylic acids is 1. The summed E-state index contributed by atoms with van der Waals surface area (Å²) in [5.41, 5.74) is 4.09. The minimum absolute atomic E-state index is 0.00938. The molecule has 8 nitrogen and oxygen atoms in total. The van der Waals surface area contributed by atoms with Crippen LogP contribution in [0, 0.1) is 13.8 Å². The van der Waals surface area contributed by atoms with Gasteiger partial charge in [0, 0.05) is 32.1 Å². The molecule has 0 bridgehead atoms. The topological polar surface area (TPSA) is 92.1 Å². The molecule has 214 valence electrons. The van der Waals surface area contributed by atoms with Gasteiger partial charge in [-0.3, -0.25) is 9.69 Å². The Kier molecular flexibility index (Phi) is 8.63. The normalized spacial score (nSPS) is 16.0. The fourth-order valence-electron chi connectivity index (χ4n) is 5.59. The first-order valence-electron chi connectivity index (χ1n) is 14.1. The van der Waals surface area contributed by atoms with Crippen LogP contribution in [0.2, 0.25) is 0 Å². The van der Waals surface area contributed by atoms with Crippen LogP contribution < -0.4 is 10.1 Å². The SMILES string of the molecule is COc1cc(C)c(S(=O)(=O)N(CCc2cc(C(=O)NCc3cccc(CN4CCCC4)c3)co2)C2CC2)c(C)c1. The van der Waals surface area contributed by atoms with E-state index >= 15 is 0 Å². The quantitative estimate of drug-likeness (QED) is 0.338. The number of nitrogens with one attached hydrogen (secondary N) is 1. The van der Waals surface area contributed by atoms with Crippen LogP contribution in [0.15, 0.2) is 58.0 Å². The first-order chi connectivity index (χ1) is 19.2. The lowest BCUT2D eigenvalue weighted by molar-refractivity contribution is 0.0950. The van der Waals surface area contributed by atoms with Crippen LogP contribution in [0.3, 0.4) is 0 Å². The summed E-state index contributed by atoms with van der Waals surface area (Å²) in [6, 6.07) is 13.6. The van der Waals surface area contributed by atoms with E-state index in [0.717, 1.165) is 38.0 Å². The van der Waals surface area contributed by atoms with Crippen LogP contribution >= 0.6 is 0 Å². The summed E-state index contributed by atoms with van der Waals surface area (Å²) in [5.74, 6) is 1.01. The van der Waals surface area contributed by atoms with E-state index < -0.39 is 10.0 Å². The Bertz CT molecular complexity index is 1430. The van der Waals surface area contributed by atoms with E-state index in [0.29, 0.717) is 46.1 Å². The van der Waals surface area contributed by atoms with Gasteiger partial charge in [-0.15, -0.1) is 0 Å². The van der Waals surface area contributed by atoms with E-state index in [1.807, 2.05) is 12.1 Å². The Balaban J connectivity index is 1.19. The number of amides is 1. The maximum atomic E-state index is 13.7. The highest BCUT2D eigenvalue weighted by atomic mass is 32.2. The number of methoxy groups -OCH3 is 1. The van der Waals surface area contributed by atoms with Crippen LogP contribution in [-0.4, -0.2) is 56.3 Å². The first kappa shape index (κ1) is 28.4. The largest absolute Gasteiger partial charge is 0.497 e. The van der Waals surface area contributed by atoms with Gasteiger partial charge in [0.25, 0.3) is 5.91 Å². The van der Waals surface area contributed by atoms with E-state index in [9.17, 15) is 13.2 Å². The van der Waals surface area contributed by atoms with E-state index in [1.54, 1.807) is 43.5 Å². The van der Waals surface area contributed by atoms with Gasteiger partial charge >= 0.3 is 0 Å². The van der Waals surface area contributed by atoms with Crippen molar-refractivity contribution in [2.45, 2.75) is 70.0 Å². The maximum Gasteiger partial charge on any atom is 0.254 e. The Morgan fingerprint density at radius 1 is 1.07 bits per heavy atom. The minimum atomic E-state index is -3.70. The summed E-state index contributed by atoms with van der Waals surface area (Å²) < 4.78 is 40.0. The maximum absolute atomic E-state index is 13.7. The molecule has 1 aliphatic carbocycles. The van der Waals surface area contributed by atoms with E-state index in [1.165, 1.54) is 24.7 Å². The van der Waals surface area contributed by atoms with Gasteiger partial charge in [-0.25, -0.2) is 8.42 Å². The second kappa shape index (κ2) is 12.2. The Labute approximate surface area is 237 Å². The molecule has 0 spiro atoms. The summed E-state index contributed by atoms with van der Waals surface area (Å²) in [7, 11) is -2.13. The van der Waals surface area contributed by atoms with Crippen LogP contribution in [-0.2, 0) is 29.5 Å². The van der Waals surface area contributed by atoms with Crippen molar-refractivity contribution in [1.29, 1.82) is 0 Å². The second-order valence-electron chi connectivity index (χ2n) is 11.0. The predicted octanol–water partition coefficient (Wildman–Crippen LogP) is 4.83. The van der Waals surface area contributed by atoms with Crippen LogP contribution in [0.5, 0.6) is 5.75 Å². The highest BCUT2D eigenvalue weighted by Gasteiger charge is 2.39. The zero-order valence-corrected chi connectivity index (χ0v) is 24.4. The lowest BCUT2D eigenvalue weighted by atomic mass is 10.1. The standard InChI is InChI=1S/C31H39N3O5S/c1-22-15-29(38-3)16-23(2)30(22)40(36,37)34(27-9-10-27)14-11-28-18-26(21-39-28)31(35)32-19-24-7-6-8-25(17-24)20-33-12-4-5-13-33/h6-8,15-18,21,27H,4-5,9-14,19-20H2,1-3H3,(H,32,35). The fourth-order valence-corrected chi connectivity index (χ4v) is 7.69. The van der Waals surface area contributed by atoms with E-state index in [-0.39, 0.29) is 18.5 Å². The number of benzene rings is 2. The zero-order chi connectivity index (χ0) is 28.3. The molecule has 0 atom stereocenters. The van der Waals surface area contributed by atoms with Crippen molar-refractivity contribution in [3.8, 4) is 5.75 Å². The average molecular weight is 566 g/mol. The molecule has 1 aromatic heterocycles. The molecular weight excluding hydrogens is 526 g/mol. The predicted molar refractivity (Wildman–Crippen MR) is 154 cm³/mol. The molecule has 1 saturated carbocycles. The Morgan fingerprint density at radius 2 is 1.77 bits per heavy atom. The zero-order valence-electron chi connectivity index (χ0n) is 23.6. The Morgan fingerprint density at radius 3 is 2.45 bits per heavy atom. The van der Waals surface area contributed by atoms with Crippen molar-refractivity contribution in [1.82, 2.24) is 14.5 Å². The molecule has 2 aromatic carbocycles. The number of ether oxygens (including phenoxy) is 1. The smallest absolute Gasteiger partial charge is 0.254 e. The molecule has 1 amide bonds. The molecule has 1 saturated heterocycles. The van der Waals surface area contributed by atoms with Crippen molar-refractivity contribution in [2.24, 2.45) is 0 Å². The van der Waals surface area contributed by atoms with Crippen molar-refractivity contribution >= 4 is 15.9 Å². The number of rotatable bonds is 12. The molecule has 3 aromatic rings. The van der Waals surface area contributed by atoms with Crippen molar-refractivity contribution in [3.63, 3.8) is 0 Å². The lowest BCUT2D eigenvalue weighted by Crippen LogP contribution is -2.35. The van der Waals surface area contributed by atoms with Gasteiger partial charge in [0.2, 0.25) is 10.0 Å². The number of likely N-dealkylation sites (tertiary alicyclic amines) is 1. The average Bonchev–Trinajstić information content (AvgIpc) is 3.40. The van der Waals surface area contributed by atoms with Gasteiger partial charge in [-0.2, -0.15) is 4.31 Å². The van der Waals surface area contributed by atoms with Gasteiger partial charge in [0.15, 0.2) is 0 Å². The molecule has 40 heavy (non-hydrogen) atoms. The summed E-state index contributed by atoms with van der Waals surface area (Å²) in [4.78, 5) is 15.6.